The first-order chi connectivity index (χ1) is 12.6. The van der Waals surface area contributed by atoms with Gasteiger partial charge in [0, 0.05) is 6.20 Å². The van der Waals surface area contributed by atoms with Crippen LogP contribution in [0, 0.1) is 12.7 Å². The number of alkyl halides is 3. The van der Waals surface area contributed by atoms with Crippen molar-refractivity contribution < 1.29 is 31.9 Å². The molecule has 0 aliphatic heterocycles. The fraction of sp³-hybridized carbons (Fsp3) is 0.235. The molecule has 0 radical (unpaired) electrons. The highest BCUT2D eigenvalue weighted by Crippen LogP contribution is 2.33. The number of aryl methyl sites for hydroxylation is 1. The lowest BCUT2D eigenvalue weighted by Gasteiger charge is -2.35. The Morgan fingerprint density at radius 2 is 1.78 bits per heavy atom. The molecule has 10 heteroatoms. The number of nitrogens with zero attached hydrogens (tertiary/aromatic N) is 1. The number of pyridine rings is 1. The van der Waals surface area contributed by atoms with Crippen molar-refractivity contribution in [3.63, 3.8) is 0 Å². The van der Waals surface area contributed by atoms with E-state index in [4.69, 9.17) is 0 Å². The van der Waals surface area contributed by atoms with E-state index in [1.165, 1.54) is 42.7 Å². The minimum Gasteiger partial charge on any atom is -0.466 e. The van der Waals surface area contributed by atoms with Gasteiger partial charge in [-0.2, -0.15) is 13.2 Å². The van der Waals surface area contributed by atoms with Crippen molar-refractivity contribution in [1.82, 2.24) is 10.3 Å². The SMILES string of the molecule is COC(=O)C(NC(=O)c1ccccc1F)(Nc1ncccc1C)C(F)(F)F. The number of rotatable bonds is 5. The van der Waals surface area contributed by atoms with Crippen LogP contribution >= 0.6 is 0 Å². The maximum atomic E-state index is 13.9. The molecule has 0 bridgehead atoms. The van der Waals surface area contributed by atoms with Gasteiger partial charge in [-0.1, -0.05) is 18.2 Å². The first-order valence-electron chi connectivity index (χ1n) is 7.54. The van der Waals surface area contributed by atoms with Gasteiger partial charge in [0.05, 0.1) is 12.7 Å². The molecule has 2 N–H and O–H groups in total. The summed E-state index contributed by atoms with van der Waals surface area (Å²) in [6.07, 6.45) is -4.14. The molecule has 144 valence electrons. The molecule has 0 aliphatic carbocycles. The third-order valence-corrected chi connectivity index (χ3v) is 3.65. The number of esters is 1. The summed E-state index contributed by atoms with van der Waals surface area (Å²) in [5, 5.41) is 3.43. The molecule has 2 rings (SSSR count). The molecule has 0 fully saturated rings. The zero-order valence-electron chi connectivity index (χ0n) is 14.2. The maximum Gasteiger partial charge on any atom is 0.441 e. The van der Waals surface area contributed by atoms with Gasteiger partial charge in [0.25, 0.3) is 5.91 Å². The Bertz CT molecular complexity index is 857. The van der Waals surface area contributed by atoms with Crippen molar-refractivity contribution in [2.75, 3.05) is 12.4 Å². The number of methoxy groups -OCH3 is 1. The Hall–Kier alpha value is -3.17. The maximum absolute atomic E-state index is 13.9. The number of aromatic nitrogens is 1. The molecule has 0 saturated carbocycles. The third-order valence-electron chi connectivity index (χ3n) is 3.65. The van der Waals surface area contributed by atoms with Crippen LogP contribution in [0.3, 0.4) is 0 Å². The lowest BCUT2D eigenvalue weighted by atomic mass is 10.1. The van der Waals surface area contributed by atoms with Crippen molar-refractivity contribution in [2.45, 2.75) is 18.8 Å². The lowest BCUT2D eigenvalue weighted by molar-refractivity contribution is -0.203. The Balaban J connectivity index is 2.55. The van der Waals surface area contributed by atoms with Gasteiger partial charge < -0.3 is 15.4 Å². The summed E-state index contributed by atoms with van der Waals surface area (Å²) in [6, 6.07) is 7.34. The molecule has 27 heavy (non-hydrogen) atoms. The predicted molar refractivity (Wildman–Crippen MR) is 87.3 cm³/mol. The normalized spacial score (nSPS) is 13.4. The number of ether oxygens (including phenoxy) is 1. The molecular weight excluding hydrogens is 370 g/mol. The van der Waals surface area contributed by atoms with Crippen LogP contribution in [0.2, 0.25) is 0 Å². The van der Waals surface area contributed by atoms with Crippen molar-refractivity contribution in [3.8, 4) is 0 Å². The van der Waals surface area contributed by atoms with E-state index >= 15 is 0 Å². The highest BCUT2D eigenvalue weighted by atomic mass is 19.4. The molecule has 1 atom stereocenters. The van der Waals surface area contributed by atoms with Crippen LogP contribution in [-0.2, 0) is 9.53 Å². The number of hydrogen-bond donors (Lipinski definition) is 2. The molecule has 6 nitrogen and oxygen atoms in total. The lowest BCUT2D eigenvalue weighted by Crippen LogP contribution is -2.69. The first-order valence-corrected chi connectivity index (χ1v) is 7.54. The largest absolute Gasteiger partial charge is 0.466 e. The summed E-state index contributed by atoms with van der Waals surface area (Å²) in [5.41, 5.74) is -4.08. The number of anilines is 1. The number of benzene rings is 1. The Kier molecular flexibility index (Phi) is 5.67. The highest BCUT2D eigenvalue weighted by molar-refractivity contribution is 5.99. The molecule has 0 spiro atoms. The molecule has 1 heterocycles. The molecular formula is C17H15F4N3O3. The van der Waals surface area contributed by atoms with Gasteiger partial charge in [-0.05, 0) is 30.7 Å². The fourth-order valence-electron chi connectivity index (χ4n) is 2.22. The zero-order chi connectivity index (χ0) is 20.2. The molecule has 2 aromatic rings. The summed E-state index contributed by atoms with van der Waals surface area (Å²) < 4.78 is 59.8. The van der Waals surface area contributed by atoms with E-state index in [2.05, 4.69) is 9.72 Å². The molecule has 0 saturated heterocycles. The van der Waals surface area contributed by atoms with Gasteiger partial charge in [-0.15, -0.1) is 0 Å². The number of halogens is 4. The number of nitrogens with one attached hydrogen (secondary N) is 2. The standard InChI is InChI=1S/C17H15F4N3O3/c1-10-6-5-9-22-13(10)23-16(15(26)27-2,17(19,20)21)24-14(25)11-7-3-4-8-12(11)18/h3-9H,1-2H3,(H,22,23)(H,24,25). The van der Waals surface area contributed by atoms with Crippen LogP contribution < -0.4 is 10.6 Å². The second-order valence-electron chi connectivity index (χ2n) is 5.47. The van der Waals surface area contributed by atoms with Gasteiger partial charge in [-0.25, -0.2) is 14.2 Å². The van der Waals surface area contributed by atoms with Gasteiger partial charge in [-0.3, -0.25) is 4.79 Å². The van der Waals surface area contributed by atoms with Crippen LogP contribution in [0.5, 0.6) is 0 Å². The van der Waals surface area contributed by atoms with E-state index in [-0.39, 0.29) is 11.4 Å². The quantitative estimate of drug-likeness (QED) is 0.470. The minimum absolute atomic E-state index is 0.273. The van der Waals surface area contributed by atoms with Gasteiger partial charge in [0.1, 0.15) is 11.6 Å². The van der Waals surface area contributed by atoms with Crippen molar-refractivity contribution in [1.29, 1.82) is 0 Å². The molecule has 1 unspecified atom stereocenters. The molecule has 1 aromatic carbocycles. The van der Waals surface area contributed by atoms with E-state index in [1.54, 1.807) is 0 Å². The topological polar surface area (TPSA) is 80.3 Å². The number of hydrogen-bond acceptors (Lipinski definition) is 5. The van der Waals surface area contributed by atoms with Crippen LogP contribution in [0.1, 0.15) is 15.9 Å². The Morgan fingerprint density at radius 1 is 1.11 bits per heavy atom. The van der Waals surface area contributed by atoms with Crippen LogP contribution in [-0.4, -0.2) is 35.8 Å². The van der Waals surface area contributed by atoms with Gasteiger partial charge in [0.15, 0.2) is 0 Å². The summed E-state index contributed by atoms with van der Waals surface area (Å²) in [6.45, 7) is 1.45. The smallest absolute Gasteiger partial charge is 0.441 e. The average molecular weight is 385 g/mol. The number of carbonyl (C=O) groups excluding carboxylic acids is 2. The van der Waals surface area contributed by atoms with Crippen molar-refractivity contribution in [3.05, 3.63) is 59.5 Å². The van der Waals surface area contributed by atoms with Crippen molar-refractivity contribution >= 4 is 17.7 Å². The number of carbonyl (C=O) groups is 2. The minimum atomic E-state index is -5.34. The van der Waals surface area contributed by atoms with Crippen LogP contribution in [0.15, 0.2) is 42.6 Å². The van der Waals surface area contributed by atoms with Crippen LogP contribution in [0.4, 0.5) is 23.4 Å². The Morgan fingerprint density at radius 3 is 2.33 bits per heavy atom. The predicted octanol–water partition coefficient (Wildman–Crippen LogP) is 2.80. The van der Waals surface area contributed by atoms with E-state index in [0.717, 1.165) is 19.2 Å². The van der Waals surface area contributed by atoms with E-state index in [1.807, 2.05) is 5.32 Å². The van der Waals surface area contributed by atoms with Gasteiger partial charge in [0.2, 0.25) is 0 Å². The third kappa shape index (κ3) is 3.99. The molecule has 0 aliphatic rings. The highest BCUT2D eigenvalue weighted by Gasteiger charge is 2.64. The van der Waals surface area contributed by atoms with E-state index < -0.39 is 35.1 Å². The average Bonchev–Trinajstić information content (AvgIpc) is 2.61. The fourth-order valence-corrected chi connectivity index (χ4v) is 2.22. The van der Waals surface area contributed by atoms with E-state index in [9.17, 15) is 27.2 Å². The Labute approximate surface area is 151 Å². The zero-order valence-corrected chi connectivity index (χ0v) is 14.2. The molecule has 1 amide bonds. The second kappa shape index (κ2) is 7.60. The number of amides is 1. The summed E-state index contributed by atoms with van der Waals surface area (Å²) in [5.74, 6) is -4.67. The van der Waals surface area contributed by atoms with Crippen molar-refractivity contribution in [2.24, 2.45) is 0 Å². The van der Waals surface area contributed by atoms with Gasteiger partial charge >= 0.3 is 17.8 Å². The first kappa shape index (κ1) is 20.1. The summed E-state index contributed by atoms with van der Waals surface area (Å²) in [4.78, 5) is 28.2. The summed E-state index contributed by atoms with van der Waals surface area (Å²) in [7, 11) is 0.727. The van der Waals surface area contributed by atoms with E-state index in [0.29, 0.717) is 0 Å². The second-order valence-corrected chi connectivity index (χ2v) is 5.47. The molecule has 1 aromatic heterocycles. The monoisotopic (exact) mass is 385 g/mol. The summed E-state index contributed by atoms with van der Waals surface area (Å²) >= 11 is 0. The van der Waals surface area contributed by atoms with Crippen LogP contribution in [0.25, 0.3) is 0 Å².